The molecule has 0 aliphatic rings. The van der Waals surface area contributed by atoms with Gasteiger partial charge in [-0.1, -0.05) is 97.1 Å². The van der Waals surface area contributed by atoms with Crippen LogP contribution in [-0.2, 0) is 0 Å². The lowest BCUT2D eigenvalue weighted by molar-refractivity contribution is 0.669. The van der Waals surface area contributed by atoms with Crippen molar-refractivity contribution in [1.29, 1.82) is 0 Å². The number of nitrogens with zero attached hydrogens (tertiary/aromatic N) is 2. The molecular formula is C37H22N2O. The first-order chi connectivity index (χ1) is 19.8. The van der Waals surface area contributed by atoms with E-state index in [0.29, 0.717) is 5.69 Å². The number of para-hydroxylation sites is 4. The summed E-state index contributed by atoms with van der Waals surface area (Å²) in [5, 5.41) is 4.60. The van der Waals surface area contributed by atoms with Crippen LogP contribution < -0.4 is 0 Å². The molecule has 40 heavy (non-hydrogen) atoms. The van der Waals surface area contributed by atoms with E-state index in [1.54, 1.807) is 0 Å². The Hall–Kier alpha value is -5.59. The Labute approximate surface area is 231 Å². The Kier molecular flexibility index (Phi) is 4.89. The van der Waals surface area contributed by atoms with Crippen molar-refractivity contribution in [2.75, 3.05) is 0 Å². The third-order valence-corrected chi connectivity index (χ3v) is 7.82. The van der Waals surface area contributed by atoms with Crippen molar-refractivity contribution in [3.63, 3.8) is 0 Å². The van der Waals surface area contributed by atoms with Crippen LogP contribution in [0.15, 0.2) is 138 Å². The smallest absolute Gasteiger partial charge is 0.211 e. The molecule has 0 aliphatic heterocycles. The quantitative estimate of drug-likeness (QED) is 0.217. The number of hydrogen-bond donors (Lipinski definition) is 0. The highest BCUT2D eigenvalue weighted by atomic mass is 16.3. The normalized spacial score (nSPS) is 11.5. The molecule has 6 aromatic carbocycles. The summed E-state index contributed by atoms with van der Waals surface area (Å²) < 4.78 is 8.42. The van der Waals surface area contributed by atoms with Gasteiger partial charge in [0.15, 0.2) is 0 Å². The molecule has 0 amide bonds. The lowest BCUT2D eigenvalue weighted by Crippen LogP contribution is -1.97. The second kappa shape index (κ2) is 8.73. The maximum atomic E-state index is 8.06. The van der Waals surface area contributed by atoms with E-state index in [2.05, 4.69) is 113 Å². The van der Waals surface area contributed by atoms with E-state index in [1.165, 1.54) is 10.8 Å². The topological polar surface area (TPSA) is 22.4 Å². The fourth-order valence-corrected chi connectivity index (χ4v) is 6.02. The van der Waals surface area contributed by atoms with Gasteiger partial charge in [0.2, 0.25) is 5.69 Å². The second-order valence-corrected chi connectivity index (χ2v) is 10.0. The van der Waals surface area contributed by atoms with Gasteiger partial charge in [-0.3, -0.25) is 0 Å². The van der Waals surface area contributed by atoms with Gasteiger partial charge in [0.05, 0.1) is 23.3 Å². The summed E-state index contributed by atoms with van der Waals surface area (Å²) >= 11 is 0. The summed E-state index contributed by atoms with van der Waals surface area (Å²) in [7, 11) is 0. The largest absolute Gasteiger partial charge is 0.456 e. The number of rotatable bonds is 3. The summed E-state index contributed by atoms with van der Waals surface area (Å²) in [4.78, 5) is 3.98. The van der Waals surface area contributed by atoms with E-state index in [4.69, 9.17) is 11.0 Å². The van der Waals surface area contributed by atoms with Crippen LogP contribution in [0.3, 0.4) is 0 Å². The van der Waals surface area contributed by atoms with Crippen LogP contribution in [0.4, 0.5) is 5.69 Å². The lowest BCUT2D eigenvalue weighted by Gasteiger charge is -2.16. The Morgan fingerprint density at radius 1 is 0.500 bits per heavy atom. The van der Waals surface area contributed by atoms with E-state index in [-0.39, 0.29) is 0 Å². The molecule has 0 aliphatic carbocycles. The molecule has 0 fully saturated rings. The zero-order valence-corrected chi connectivity index (χ0v) is 21.5. The first kappa shape index (κ1) is 22.4. The third-order valence-electron chi connectivity index (χ3n) is 7.82. The highest BCUT2D eigenvalue weighted by Crippen LogP contribution is 2.41. The van der Waals surface area contributed by atoms with Gasteiger partial charge >= 0.3 is 0 Å². The predicted molar refractivity (Wildman–Crippen MR) is 165 cm³/mol. The van der Waals surface area contributed by atoms with Crippen molar-refractivity contribution < 1.29 is 4.42 Å². The average molecular weight is 511 g/mol. The Morgan fingerprint density at radius 2 is 1.12 bits per heavy atom. The standard InChI is InChI=1S/C37H22N2O/c1-38-32-16-9-15-27(37(32)39-33-17-5-2-12-28(33)29-13-3-6-18-34(29)39)26-11-8-10-24(22-26)25-20-21-31-30-14-4-7-19-35(30)40-36(31)23-25/h2-23H. The van der Waals surface area contributed by atoms with Gasteiger partial charge in [0.25, 0.3) is 0 Å². The molecule has 0 bridgehead atoms. The van der Waals surface area contributed by atoms with E-state index in [9.17, 15) is 0 Å². The Bertz CT molecular complexity index is 2240. The molecule has 2 aromatic heterocycles. The van der Waals surface area contributed by atoms with Crippen molar-refractivity contribution in [1.82, 2.24) is 4.57 Å². The summed E-state index contributed by atoms with van der Waals surface area (Å²) in [6.45, 7) is 8.06. The number of benzene rings is 6. The predicted octanol–water partition coefficient (Wildman–Crippen LogP) is 10.6. The fourth-order valence-electron chi connectivity index (χ4n) is 6.02. The van der Waals surface area contributed by atoms with Gasteiger partial charge in [-0.05, 0) is 58.7 Å². The van der Waals surface area contributed by atoms with Crippen LogP contribution >= 0.6 is 0 Å². The summed E-state index contributed by atoms with van der Waals surface area (Å²) in [6, 6.07) is 46.0. The third kappa shape index (κ3) is 3.30. The number of aromatic nitrogens is 1. The van der Waals surface area contributed by atoms with E-state index < -0.39 is 0 Å². The van der Waals surface area contributed by atoms with Gasteiger partial charge in [0, 0.05) is 21.5 Å². The summed E-state index contributed by atoms with van der Waals surface area (Å²) in [6.07, 6.45) is 0. The maximum absolute atomic E-state index is 8.06. The van der Waals surface area contributed by atoms with E-state index >= 15 is 0 Å². The SMILES string of the molecule is [C-]#[N+]c1cccc(-c2cccc(-c3ccc4c(c3)oc3ccccc34)c2)c1-n1c2ccccc2c2ccccc21. The lowest BCUT2D eigenvalue weighted by atomic mass is 9.96. The van der Waals surface area contributed by atoms with E-state index in [0.717, 1.165) is 60.9 Å². The van der Waals surface area contributed by atoms with Crippen LogP contribution in [0, 0.1) is 6.57 Å². The number of fused-ring (bicyclic) bond motifs is 6. The molecule has 0 saturated heterocycles. The van der Waals surface area contributed by atoms with Crippen molar-refractivity contribution >= 4 is 49.4 Å². The second-order valence-electron chi connectivity index (χ2n) is 10.0. The van der Waals surface area contributed by atoms with Crippen LogP contribution in [0.1, 0.15) is 0 Å². The monoisotopic (exact) mass is 510 g/mol. The number of hydrogen-bond acceptors (Lipinski definition) is 1. The van der Waals surface area contributed by atoms with Crippen molar-refractivity contribution in [3.05, 3.63) is 145 Å². The molecule has 0 atom stereocenters. The maximum Gasteiger partial charge on any atom is 0.211 e. The van der Waals surface area contributed by atoms with Crippen LogP contribution in [-0.4, -0.2) is 4.57 Å². The molecule has 0 saturated carbocycles. The minimum absolute atomic E-state index is 0.623. The van der Waals surface area contributed by atoms with Gasteiger partial charge in [0.1, 0.15) is 11.2 Å². The molecule has 8 aromatic rings. The molecule has 0 unspecified atom stereocenters. The zero-order chi connectivity index (χ0) is 26.6. The van der Waals surface area contributed by atoms with Gasteiger partial charge in [-0.15, -0.1) is 0 Å². The zero-order valence-electron chi connectivity index (χ0n) is 21.5. The van der Waals surface area contributed by atoms with Crippen LogP contribution in [0.25, 0.3) is 76.5 Å². The molecule has 0 spiro atoms. The minimum atomic E-state index is 0.623. The first-order valence-electron chi connectivity index (χ1n) is 13.3. The molecule has 0 radical (unpaired) electrons. The Balaban J connectivity index is 1.35. The van der Waals surface area contributed by atoms with Crippen LogP contribution in [0.5, 0.6) is 0 Å². The van der Waals surface area contributed by atoms with Crippen molar-refractivity contribution in [2.45, 2.75) is 0 Å². The Morgan fingerprint density at radius 3 is 1.90 bits per heavy atom. The van der Waals surface area contributed by atoms with Crippen molar-refractivity contribution in [3.8, 4) is 27.9 Å². The average Bonchev–Trinajstić information content (AvgIpc) is 3.56. The van der Waals surface area contributed by atoms with Gasteiger partial charge < -0.3 is 8.98 Å². The number of furan rings is 1. The van der Waals surface area contributed by atoms with Crippen molar-refractivity contribution in [2.24, 2.45) is 0 Å². The fraction of sp³-hybridized carbons (Fsp3) is 0. The molecule has 0 N–H and O–H groups in total. The van der Waals surface area contributed by atoms with E-state index in [1.807, 2.05) is 30.3 Å². The molecule has 186 valence electrons. The van der Waals surface area contributed by atoms with Gasteiger partial charge in [-0.2, -0.15) is 0 Å². The molecule has 8 rings (SSSR count). The van der Waals surface area contributed by atoms with Crippen LogP contribution in [0.2, 0.25) is 0 Å². The summed E-state index contributed by atoms with van der Waals surface area (Å²) in [5.74, 6) is 0. The highest BCUT2D eigenvalue weighted by Gasteiger charge is 2.19. The molecule has 3 nitrogen and oxygen atoms in total. The molecular weight excluding hydrogens is 488 g/mol. The highest BCUT2D eigenvalue weighted by molar-refractivity contribution is 6.10. The minimum Gasteiger partial charge on any atom is -0.456 e. The first-order valence-corrected chi connectivity index (χ1v) is 13.3. The molecule has 2 heterocycles. The summed E-state index contributed by atoms with van der Waals surface area (Å²) in [5.41, 5.74) is 9.75. The van der Waals surface area contributed by atoms with Gasteiger partial charge in [-0.25, -0.2) is 4.85 Å². The molecule has 3 heteroatoms.